The van der Waals surface area contributed by atoms with Crippen LogP contribution >= 0.6 is 24.0 Å². The number of nitrogens with two attached hydrogens (primary N) is 1. The Kier molecular flexibility index (Phi) is 7.81. The number of nitrogens with zero attached hydrogens (tertiary/aromatic N) is 1. The Balaban J connectivity index is 0.00000264. The SMILES string of the molecule is CC1(C)CC[C@H](C(=O)N(CCN)Cc2cccc(Cl)c2)CO1.Cl. The van der Waals surface area contributed by atoms with Gasteiger partial charge in [-0.25, -0.2) is 0 Å². The molecule has 0 bridgehead atoms. The van der Waals surface area contributed by atoms with Crippen molar-refractivity contribution in [2.45, 2.75) is 38.8 Å². The first-order valence-electron chi connectivity index (χ1n) is 7.78. The number of halogens is 2. The number of carbonyl (C=O) groups is 1. The Morgan fingerprint density at radius 1 is 1.48 bits per heavy atom. The van der Waals surface area contributed by atoms with Crippen molar-refractivity contribution in [3.8, 4) is 0 Å². The molecule has 6 heteroatoms. The van der Waals surface area contributed by atoms with E-state index in [0.29, 0.717) is 31.3 Å². The van der Waals surface area contributed by atoms with Gasteiger partial charge in [0, 0.05) is 24.7 Å². The smallest absolute Gasteiger partial charge is 0.228 e. The van der Waals surface area contributed by atoms with Gasteiger partial charge < -0.3 is 15.4 Å². The fourth-order valence-corrected chi connectivity index (χ4v) is 2.95. The van der Waals surface area contributed by atoms with Crippen LogP contribution in [0.5, 0.6) is 0 Å². The van der Waals surface area contributed by atoms with Crippen LogP contribution in [0.15, 0.2) is 24.3 Å². The zero-order chi connectivity index (χ0) is 16.2. The van der Waals surface area contributed by atoms with E-state index >= 15 is 0 Å². The molecular weight excluding hydrogens is 335 g/mol. The number of hydrogen-bond acceptors (Lipinski definition) is 3. The van der Waals surface area contributed by atoms with E-state index in [1.54, 1.807) is 0 Å². The summed E-state index contributed by atoms with van der Waals surface area (Å²) < 4.78 is 5.80. The van der Waals surface area contributed by atoms with E-state index in [-0.39, 0.29) is 29.8 Å². The summed E-state index contributed by atoms with van der Waals surface area (Å²) >= 11 is 6.02. The molecule has 1 aliphatic rings. The minimum absolute atomic E-state index is 0. The van der Waals surface area contributed by atoms with Gasteiger partial charge in [-0.1, -0.05) is 23.7 Å². The fourth-order valence-electron chi connectivity index (χ4n) is 2.74. The van der Waals surface area contributed by atoms with E-state index < -0.39 is 0 Å². The van der Waals surface area contributed by atoms with Crippen molar-refractivity contribution in [3.05, 3.63) is 34.9 Å². The van der Waals surface area contributed by atoms with E-state index in [1.165, 1.54) is 0 Å². The highest BCUT2D eigenvalue weighted by atomic mass is 35.5. The van der Waals surface area contributed by atoms with Crippen LogP contribution in [0.25, 0.3) is 0 Å². The summed E-state index contributed by atoms with van der Waals surface area (Å²) in [6, 6.07) is 7.59. The molecule has 0 spiro atoms. The molecule has 1 aliphatic heterocycles. The van der Waals surface area contributed by atoms with Gasteiger partial charge in [-0.05, 0) is 44.4 Å². The summed E-state index contributed by atoms with van der Waals surface area (Å²) in [6.07, 6.45) is 1.76. The molecule has 4 nitrogen and oxygen atoms in total. The van der Waals surface area contributed by atoms with Gasteiger partial charge >= 0.3 is 0 Å². The molecule has 1 aromatic carbocycles. The summed E-state index contributed by atoms with van der Waals surface area (Å²) in [5.41, 5.74) is 6.57. The molecule has 1 atom stereocenters. The van der Waals surface area contributed by atoms with Crippen LogP contribution in [0.4, 0.5) is 0 Å². The van der Waals surface area contributed by atoms with Crippen molar-refractivity contribution in [1.29, 1.82) is 0 Å². The Bertz CT molecular complexity index is 513. The Morgan fingerprint density at radius 2 is 2.22 bits per heavy atom. The maximum absolute atomic E-state index is 12.7. The standard InChI is InChI=1S/C17H25ClN2O2.ClH/c1-17(2)7-6-14(12-22-17)16(21)20(9-8-19)11-13-4-3-5-15(18)10-13;/h3-5,10,14H,6-9,11-12,19H2,1-2H3;1H/t14-;/m0./s1. The highest BCUT2D eigenvalue weighted by molar-refractivity contribution is 6.30. The van der Waals surface area contributed by atoms with Crippen LogP contribution < -0.4 is 5.73 Å². The van der Waals surface area contributed by atoms with E-state index in [1.807, 2.05) is 29.2 Å². The maximum Gasteiger partial charge on any atom is 0.228 e. The summed E-state index contributed by atoms with van der Waals surface area (Å²) in [4.78, 5) is 14.6. The number of benzene rings is 1. The van der Waals surface area contributed by atoms with Crippen LogP contribution in [-0.2, 0) is 16.1 Å². The third-order valence-electron chi connectivity index (χ3n) is 4.09. The Labute approximate surface area is 149 Å². The molecule has 23 heavy (non-hydrogen) atoms. The lowest BCUT2D eigenvalue weighted by molar-refractivity contribution is -0.147. The predicted molar refractivity (Wildman–Crippen MR) is 95.9 cm³/mol. The van der Waals surface area contributed by atoms with E-state index in [4.69, 9.17) is 22.1 Å². The molecule has 2 rings (SSSR count). The normalized spacial score (nSPS) is 19.7. The first kappa shape index (κ1) is 20.2. The molecule has 1 saturated heterocycles. The highest BCUT2D eigenvalue weighted by Crippen LogP contribution is 2.28. The van der Waals surface area contributed by atoms with Gasteiger partial charge in [0.15, 0.2) is 0 Å². The lowest BCUT2D eigenvalue weighted by Gasteiger charge is -2.36. The fraction of sp³-hybridized carbons (Fsp3) is 0.588. The number of carbonyl (C=O) groups excluding carboxylic acids is 1. The van der Waals surface area contributed by atoms with Crippen LogP contribution in [0, 0.1) is 5.92 Å². The zero-order valence-corrected chi connectivity index (χ0v) is 15.3. The van der Waals surface area contributed by atoms with Gasteiger partial charge in [0.1, 0.15) is 0 Å². The molecule has 2 N–H and O–H groups in total. The molecule has 1 heterocycles. The average Bonchev–Trinajstić information content (AvgIpc) is 2.46. The van der Waals surface area contributed by atoms with Crippen molar-refractivity contribution >= 4 is 29.9 Å². The minimum atomic E-state index is -0.123. The quantitative estimate of drug-likeness (QED) is 0.876. The summed E-state index contributed by atoms with van der Waals surface area (Å²) in [5, 5.41) is 0.681. The number of amides is 1. The molecule has 1 fully saturated rings. The van der Waals surface area contributed by atoms with Gasteiger partial charge in [0.25, 0.3) is 0 Å². The van der Waals surface area contributed by atoms with Gasteiger partial charge in [0.2, 0.25) is 5.91 Å². The molecule has 0 unspecified atom stereocenters. The summed E-state index contributed by atoms with van der Waals surface area (Å²) in [6.45, 7) is 6.16. The third-order valence-corrected chi connectivity index (χ3v) is 4.33. The second-order valence-corrected chi connectivity index (χ2v) is 6.92. The van der Waals surface area contributed by atoms with Crippen molar-refractivity contribution in [2.24, 2.45) is 11.7 Å². The number of ether oxygens (including phenoxy) is 1. The molecule has 0 aromatic heterocycles. The second-order valence-electron chi connectivity index (χ2n) is 6.48. The molecule has 0 aliphatic carbocycles. The van der Waals surface area contributed by atoms with Crippen molar-refractivity contribution < 1.29 is 9.53 Å². The predicted octanol–water partition coefficient (Wildman–Crippen LogP) is 3.25. The first-order valence-corrected chi connectivity index (χ1v) is 8.16. The van der Waals surface area contributed by atoms with Gasteiger partial charge in [-0.15, -0.1) is 12.4 Å². The number of hydrogen-bond donors (Lipinski definition) is 1. The highest BCUT2D eigenvalue weighted by Gasteiger charge is 2.33. The molecule has 0 radical (unpaired) electrons. The van der Waals surface area contributed by atoms with E-state index in [2.05, 4.69) is 13.8 Å². The zero-order valence-electron chi connectivity index (χ0n) is 13.8. The number of rotatable bonds is 5. The summed E-state index contributed by atoms with van der Waals surface area (Å²) in [7, 11) is 0. The van der Waals surface area contributed by atoms with Crippen molar-refractivity contribution in [3.63, 3.8) is 0 Å². The first-order chi connectivity index (χ1) is 10.4. The monoisotopic (exact) mass is 360 g/mol. The van der Waals surface area contributed by atoms with Crippen LogP contribution in [0.1, 0.15) is 32.3 Å². The average molecular weight is 361 g/mol. The Hall–Kier alpha value is -0.810. The van der Waals surface area contributed by atoms with Gasteiger partial charge in [-0.3, -0.25) is 4.79 Å². The third kappa shape index (κ3) is 5.96. The van der Waals surface area contributed by atoms with Crippen molar-refractivity contribution in [2.75, 3.05) is 19.7 Å². The van der Waals surface area contributed by atoms with E-state index in [9.17, 15) is 4.79 Å². The largest absolute Gasteiger partial charge is 0.375 e. The van der Waals surface area contributed by atoms with Crippen LogP contribution in [0.3, 0.4) is 0 Å². The Morgan fingerprint density at radius 3 is 2.78 bits per heavy atom. The lowest BCUT2D eigenvalue weighted by atomic mass is 9.90. The maximum atomic E-state index is 12.7. The minimum Gasteiger partial charge on any atom is -0.375 e. The summed E-state index contributed by atoms with van der Waals surface area (Å²) in [5.74, 6) is 0.0553. The second kappa shape index (κ2) is 8.88. The molecule has 0 saturated carbocycles. The molecular formula is C17H26Cl2N2O2. The van der Waals surface area contributed by atoms with Crippen molar-refractivity contribution in [1.82, 2.24) is 4.90 Å². The molecule has 1 amide bonds. The van der Waals surface area contributed by atoms with Gasteiger partial charge in [0.05, 0.1) is 18.1 Å². The molecule has 1 aromatic rings. The topological polar surface area (TPSA) is 55.6 Å². The van der Waals surface area contributed by atoms with Gasteiger partial charge in [-0.2, -0.15) is 0 Å². The molecule has 130 valence electrons. The lowest BCUT2D eigenvalue weighted by Crippen LogP contribution is -2.44. The van der Waals surface area contributed by atoms with Crippen LogP contribution in [0.2, 0.25) is 5.02 Å². The van der Waals surface area contributed by atoms with E-state index in [0.717, 1.165) is 18.4 Å². The van der Waals surface area contributed by atoms with Crippen LogP contribution in [-0.4, -0.2) is 36.1 Å².